The van der Waals surface area contributed by atoms with Gasteiger partial charge in [-0.25, -0.2) is 4.79 Å². The van der Waals surface area contributed by atoms with Crippen molar-refractivity contribution in [3.63, 3.8) is 0 Å². The molecule has 1 aliphatic heterocycles. The fourth-order valence-corrected chi connectivity index (χ4v) is 2.08. The maximum atomic E-state index is 12.1. The molecular weight excluding hydrogens is 242 g/mol. The van der Waals surface area contributed by atoms with E-state index in [1.165, 1.54) is 5.56 Å². The van der Waals surface area contributed by atoms with E-state index in [2.05, 4.69) is 21.1 Å². The van der Waals surface area contributed by atoms with E-state index < -0.39 is 6.10 Å². The number of esters is 1. The highest BCUT2D eigenvalue weighted by atomic mass is 16.6. The van der Waals surface area contributed by atoms with Crippen LogP contribution >= 0.6 is 0 Å². The molecule has 104 valence electrons. The largest absolute Gasteiger partial charge is 0.458 e. The molecule has 2 rings (SSSR count). The number of likely N-dealkylation sites (N-methyl/N-ethyl adjacent to an activating group) is 1. The fraction of sp³-hybridized carbons (Fsp3) is 0.533. The zero-order chi connectivity index (χ0) is 13.9. The summed E-state index contributed by atoms with van der Waals surface area (Å²) in [6.07, 6.45) is 0.302. The van der Waals surface area contributed by atoms with E-state index in [9.17, 15) is 4.79 Å². The lowest BCUT2D eigenvalue weighted by atomic mass is 9.98. The van der Waals surface area contributed by atoms with Crippen LogP contribution in [0.3, 0.4) is 0 Å². The van der Waals surface area contributed by atoms with Crippen molar-refractivity contribution in [2.75, 3.05) is 40.9 Å². The summed E-state index contributed by atoms with van der Waals surface area (Å²) in [4.78, 5) is 12.1. The Balaban J connectivity index is 1.97. The molecule has 0 bridgehead atoms. The second-order valence-corrected chi connectivity index (χ2v) is 5.88. The van der Waals surface area contributed by atoms with Crippen LogP contribution in [0.5, 0.6) is 0 Å². The average Bonchev–Trinajstić information content (AvgIpc) is 2.36. The predicted octanol–water partition coefficient (Wildman–Crippen LogP) is 1.55. The first-order valence-electron chi connectivity index (χ1n) is 6.64. The highest BCUT2D eigenvalue weighted by Crippen LogP contribution is 2.27. The van der Waals surface area contributed by atoms with Gasteiger partial charge in [-0.1, -0.05) is 24.3 Å². The summed E-state index contributed by atoms with van der Waals surface area (Å²) in [5.41, 5.74) is 2.13. The summed E-state index contributed by atoms with van der Waals surface area (Å²) in [5.74, 6) is -0.277. The topological polar surface area (TPSA) is 35.5 Å². The first-order chi connectivity index (χ1) is 8.97. The molecule has 0 saturated heterocycles. The minimum Gasteiger partial charge on any atom is -0.458 e. The van der Waals surface area contributed by atoms with Crippen LogP contribution in [-0.4, -0.2) is 51.4 Å². The van der Waals surface area contributed by atoms with Gasteiger partial charge < -0.3 is 14.0 Å². The summed E-state index contributed by atoms with van der Waals surface area (Å²) in [7, 11) is 6.21. The molecule has 1 atom stereocenters. The molecule has 1 aromatic carbocycles. The predicted molar refractivity (Wildman–Crippen MR) is 72.7 cm³/mol. The van der Waals surface area contributed by atoms with Crippen molar-refractivity contribution in [3.05, 3.63) is 35.4 Å². The number of quaternary nitrogens is 1. The van der Waals surface area contributed by atoms with Gasteiger partial charge in [-0.2, -0.15) is 0 Å². The second kappa shape index (κ2) is 5.72. The van der Waals surface area contributed by atoms with Crippen molar-refractivity contribution in [1.29, 1.82) is 0 Å². The average molecular weight is 264 g/mol. The summed E-state index contributed by atoms with van der Waals surface area (Å²) in [6, 6.07) is 7.91. The van der Waals surface area contributed by atoms with Gasteiger partial charge in [0.05, 0.1) is 27.7 Å². The minimum atomic E-state index is -0.558. The van der Waals surface area contributed by atoms with Crippen LogP contribution in [0.2, 0.25) is 0 Å². The van der Waals surface area contributed by atoms with E-state index in [1.807, 2.05) is 24.3 Å². The molecule has 0 aromatic heterocycles. The normalized spacial score (nSPS) is 18.8. The van der Waals surface area contributed by atoms with Gasteiger partial charge in [-0.05, 0) is 17.5 Å². The van der Waals surface area contributed by atoms with E-state index in [-0.39, 0.29) is 5.97 Å². The molecule has 1 heterocycles. The number of fused-ring (bicyclic) bond motifs is 1. The first kappa shape index (κ1) is 14.0. The SMILES string of the molecule is C[N+](C)(C)CCOC(=O)[C@H]1OCCc2ccccc21. The Morgan fingerprint density at radius 1 is 1.37 bits per heavy atom. The van der Waals surface area contributed by atoms with E-state index in [0.29, 0.717) is 13.2 Å². The Bertz CT molecular complexity index is 451. The highest BCUT2D eigenvalue weighted by Gasteiger charge is 2.28. The Morgan fingerprint density at radius 3 is 2.84 bits per heavy atom. The highest BCUT2D eigenvalue weighted by molar-refractivity contribution is 5.77. The molecule has 19 heavy (non-hydrogen) atoms. The molecule has 0 spiro atoms. The monoisotopic (exact) mass is 264 g/mol. The van der Waals surface area contributed by atoms with Gasteiger partial charge in [0.15, 0.2) is 6.10 Å². The lowest BCUT2D eigenvalue weighted by Gasteiger charge is -2.26. The Hall–Kier alpha value is -1.39. The lowest BCUT2D eigenvalue weighted by Crippen LogP contribution is -2.38. The quantitative estimate of drug-likeness (QED) is 0.611. The number of rotatable bonds is 4. The van der Waals surface area contributed by atoms with Crippen LogP contribution in [0.4, 0.5) is 0 Å². The van der Waals surface area contributed by atoms with Gasteiger partial charge >= 0.3 is 5.97 Å². The van der Waals surface area contributed by atoms with E-state index in [0.717, 1.165) is 23.0 Å². The first-order valence-corrected chi connectivity index (χ1v) is 6.64. The van der Waals surface area contributed by atoms with Crippen molar-refractivity contribution in [1.82, 2.24) is 0 Å². The summed E-state index contributed by atoms with van der Waals surface area (Å²) in [5, 5.41) is 0. The number of benzene rings is 1. The van der Waals surface area contributed by atoms with Crippen molar-refractivity contribution in [2.45, 2.75) is 12.5 Å². The van der Waals surface area contributed by atoms with Crippen LogP contribution in [-0.2, 0) is 20.7 Å². The third kappa shape index (κ3) is 3.78. The van der Waals surface area contributed by atoms with Crippen molar-refractivity contribution >= 4 is 5.97 Å². The van der Waals surface area contributed by atoms with Gasteiger partial charge in [0, 0.05) is 0 Å². The molecule has 4 nitrogen and oxygen atoms in total. The molecule has 1 aromatic rings. The Morgan fingerprint density at radius 2 is 2.11 bits per heavy atom. The molecule has 0 fully saturated rings. The number of nitrogens with zero attached hydrogens (tertiary/aromatic N) is 1. The van der Waals surface area contributed by atoms with Crippen LogP contribution in [0.15, 0.2) is 24.3 Å². The van der Waals surface area contributed by atoms with Gasteiger partial charge in [0.25, 0.3) is 0 Å². The second-order valence-electron chi connectivity index (χ2n) is 5.88. The molecule has 4 heteroatoms. The van der Waals surface area contributed by atoms with Gasteiger partial charge in [-0.15, -0.1) is 0 Å². The summed E-state index contributed by atoms with van der Waals surface area (Å²) >= 11 is 0. The lowest BCUT2D eigenvalue weighted by molar-refractivity contribution is -0.870. The number of carbonyl (C=O) groups is 1. The summed E-state index contributed by atoms with van der Waals surface area (Å²) < 4.78 is 11.7. The smallest absolute Gasteiger partial charge is 0.340 e. The molecule has 0 unspecified atom stereocenters. The molecule has 0 N–H and O–H groups in total. The molecular formula is C15H22NO3+. The van der Waals surface area contributed by atoms with Crippen molar-refractivity contribution in [3.8, 4) is 0 Å². The molecule has 0 radical (unpaired) electrons. The molecule has 1 aliphatic rings. The van der Waals surface area contributed by atoms with Crippen molar-refractivity contribution in [2.24, 2.45) is 0 Å². The maximum absolute atomic E-state index is 12.1. The van der Waals surface area contributed by atoms with Crippen LogP contribution < -0.4 is 0 Å². The number of ether oxygens (including phenoxy) is 2. The van der Waals surface area contributed by atoms with Crippen LogP contribution in [0, 0.1) is 0 Å². The number of carbonyl (C=O) groups excluding carboxylic acids is 1. The van der Waals surface area contributed by atoms with Gasteiger partial charge in [0.1, 0.15) is 13.2 Å². The molecule has 0 saturated carbocycles. The number of hydrogen-bond acceptors (Lipinski definition) is 3. The van der Waals surface area contributed by atoms with Gasteiger partial charge in [0.2, 0.25) is 0 Å². The minimum absolute atomic E-state index is 0.277. The van der Waals surface area contributed by atoms with Crippen molar-refractivity contribution < 1.29 is 18.8 Å². The van der Waals surface area contributed by atoms with E-state index in [1.54, 1.807) is 0 Å². The third-order valence-electron chi connectivity index (χ3n) is 3.21. The fourth-order valence-electron chi connectivity index (χ4n) is 2.08. The van der Waals surface area contributed by atoms with E-state index >= 15 is 0 Å². The Labute approximate surface area is 114 Å². The molecule has 0 amide bonds. The zero-order valence-corrected chi connectivity index (χ0v) is 11.9. The van der Waals surface area contributed by atoms with Crippen LogP contribution in [0.25, 0.3) is 0 Å². The third-order valence-corrected chi connectivity index (χ3v) is 3.21. The maximum Gasteiger partial charge on any atom is 0.340 e. The van der Waals surface area contributed by atoms with Crippen LogP contribution in [0.1, 0.15) is 17.2 Å². The zero-order valence-electron chi connectivity index (χ0n) is 11.9. The van der Waals surface area contributed by atoms with Gasteiger partial charge in [-0.3, -0.25) is 0 Å². The Kier molecular flexibility index (Phi) is 4.22. The molecule has 0 aliphatic carbocycles. The number of hydrogen-bond donors (Lipinski definition) is 0. The summed E-state index contributed by atoms with van der Waals surface area (Å²) in [6.45, 7) is 1.79. The standard InChI is InChI=1S/C15H22NO3/c1-16(2,3)9-11-19-15(17)14-13-7-5-4-6-12(13)8-10-18-14/h4-7,14H,8-11H2,1-3H3/q+1/t14-/m0/s1. The van der Waals surface area contributed by atoms with E-state index in [4.69, 9.17) is 9.47 Å².